The van der Waals surface area contributed by atoms with E-state index >= 15 is 0 Å². The van der Waals surface area contributed by atoms with Crippen LogP contribution < -0.4 is 15.8 Å². The summed E-state index contributed by atoms with van der Waals surface area (Å²) in [4.78, 5) is 0. The van der Waals surface area contributed by atoms with Gasteiger partial charge in [-0.15, -0.1) is 0 Å². The number of ether oxygens (including phenoxy) is 1. The third kappa shape index (κ3) is 3.94. The SMILES string of the molecule is COc1ccc2cc(CNCCC(C)N)ccc2c1. The number of nitrogens with one attached hydrogen (secondary N) is 1. The summed E-state index contributed by atoms with van der Waals surface area (Å²) in [6.07, 6.45) is 1.00. The lowest BCUT2D eigenvalue weighted by molar-refractivity contribution is 0.415. The Bertz CT molecular complexity index is 537. The zero-order valence-corrected chi connectivity index (χ0v) is 11.6. The monoisotopic (exact) mass is 258 g/mol. The van der Waals surface area contributed by atoms with Gasteiger partial charge in [-0.25, -0.2) is 0 Å². The van der Waals surface area contributed by atoms with Crippen molar-refractivity contribution in [2.24, 2.45) is 5.73 Å². The van der Waals surface area contributed by atoms with E-state index in [9.17, 15) is 0 Å². The van der Waals surface area contributed by atoms with Gasteiger partial charge in [-0.1, -0.05) is 18.2 Å². The summed E-state index contributed by atoms with van der Waals surface area (Å²) < 4.78 is 5.23. The first-order valence-electron chi connectivity index (χ1n) is 6.72. The van der Waals surface area contributed by atoms with Crippen LogP contribution in [0.2, 0.25) is 0 Å². The Morgan fingerprint density at radius 3 is 2.63 bits per heavy atom. The molecule has 2 aromatic rings. The zero-order chi connectivity index (χ0) is 13.7. The predicted molar refractivity (Wildman–Crippen MR) is 80.5 cm³/mol. The van der Waals surface area contributed by atoms with Crippen molar-refractivity contribution in [1.82, 2.24) is 5.32 Å². The van der Waals surface area contributed by atoms with E-state index in [1.54, 1.807) is 7.11 Å². The summed E-state index contributed by atoms with van der Waals surface area (Å²) in [6.45, 7) is 3.87. The molecule has 3 N–H and O–H groups in total. The molecule has 3 heteroatoms. The molecule has 0 saturated heterocycles. The van der Waals surface area contributed by atoms with Crippen LogP contribution >= 0.6 is 0 Å². The molecule has 3 nitrogen and oxygen atoms in total. The molecule has 0 aliphatic carbocycles. The normalized spacial score (nSPS) is 12.6. The highest BCUT2D eigenvalue weighted by Gasteiger charge is 1.99. The number of fused-ring (bicyclic) bond motifs is 1. The van der Waals surface area contributed by atoms with E-state index in [2.05, 4.69) is 35.6 Å². The van der Waals surface area contributed by atoms with Crippen LogP contribution in [-0.2, 0) is 6.54 Å². The summed E-state index contributed by atoms with van der Waals surface area (Å²) in [5, 5.41) is 5.87. The van der Waals surface area contributed by atoms with Crippen LogP contribution in [0.5, 0.6) is 5.75 Å². The lowest BCUT2D eigenvalue weighted by Gasteiger charge is -2.08. The average Bonchev–Trinajstić information content (AvgIpc) is 2.42. The summed E-state index contributed by atoms with van der Waals surface area (Å²) in [6, 6.07) is 12.9. The number of rotatable bonds is 6. The Hall–Kier alpha value is -1.58. The maximum absolute atomic E-state index is 5.72. The van der Waals surface area contributed by atoms with Gasteiger partial charge in [0, 0.05) is 12.6 Å². The topological polar surface area (TPSA) is 47.3 Å². The molecule has 1 unspecified atom stereocenters. The van der Waals surface area contributed by atoms with E-state index in [4.69, 9.17) is 10.5 Å². The molecular weight excluding hydrogens is 236 g/mol. The van der Waals surface area contributed by atoms with Crippen molar-refractivity contribution in [2.45, 2.75) is 25.9 Å². The van der Waals surface area contributed by atoms with Crippen molar-refractivity contribution in [3.8, 4) is 5.75 Å². The van der Waals surface area contributed by atoms with Crippen LogP contribution in [0.25, 0.3) is 10.8 Å². The molecule has 0 saturated carbocycles. The molecule has 0 spiro atoms. The number of benzene rings is 2. The molecular formula is C16H22N2O. The highest BCUT2D eigenvalue weighted by molar-refractivity contribution is 5.84. The van der Waals surface area contributed by atoms with E-state index in [-0.39, 0.29) is 6.04 Å². The Kier molecular flexibility index (Phi) is 4.77. The molecule has 0 aliphatic heterocycles. The molecule has 0 fully saturated rings. The molecule has 0 amide bonds. The minimum Gasteiger partial charge on any atom is -0.497 e. The van der Waals surface area contributed by atoms with Crippen LogP contribution in [0.3, 0.4) is 0 Å². The predicted octanol–water partition coefficient (Wildman–Crippen LogP) is 2.68. The van der Waals surface area contributed by atoms with Gasteiger partial charge in [0.25, 0.3) is 0 Å². The Balaban J connectivity index is 2.01. The second-order valence-electron chi connectivity index (χ2n) is 4.99. The molecule has 0 radical (unpaired) electrons. The first kappa shape index (κ1) is 13.8. The number of nitrogens with two attached hydrogens (primary N) is 1. The van der Waals surface area contributed by atoms with E-state index in [0.29, 0.717) is 0 Å². The third-order valence-electron chi connectivity index (χ3n) is 3.22. The fourth-order valence-electron chi connectivity index (χ4n) is 2.07. The maximum Gasteiger partial charge on any atom is 0.119 e. The Morgan fingerprint density at radius 2 is 1.89 bits per heavy atom. The van der Waals surface area contributed by atoms with Crippen molar-refractivity contribution in [3.63, 3.8) is 0 Å². The molecule has 0 aromatic heterocycles. The minimum atomic E-state index is 0.261. The van der Waals surface area contributed by atoms with Gasteiger partial charge in [0.05, 0.1) is 7.11 Å². The van der Waals surface area contributed by atoms with Gasteiger partial charge in [0.1, 0.15) is 5.75 Å². The van der Waals surface area contributed by atoms with Crippen molar-refractivity contribution < 1.29 is 4.74 Å². The van der Waals surface area contributed by atoms with Crippen molar-refractivity contribution in [2.75, 3.05) is 13.7 Å². The van der Waals surface area contributed by atoms with Crippen molar-refractivity contribution >= 4 is 10.8 Å². The molecule has 1 atom stereocenters. The third-order valence-corrected chi connectivity index (χ3v) is 3.22. The fraction of sp³-hybridized carbons (Fsp3) is 0.375. The van der Waals surface area contributed by atoms with Crippen LogP contribution in [-0.4, -0.2) is 19.7 Å². The molecule has 0 aliphatic rings. The van der Waals surface area contributed by atoms with Gasteiger partial charge in [-0.3, -0.25) is 0 Å². The summed E-state index contributed by atoms with van der Waals surface area (Å²) in [5.41, 5.74) is 7.02. The lowest BCUT2D eigenvalue weighted by atomic mass is 10.1. The first-order chi connectivity index (χ1) is 9.19. The second kappa shape index (κ2) is 6.55. The zero-order valence-electron chi connectivity index (χ0n) is 11.6. The van der Waals surface area contributed by atoms with Gasteiger partial charge in [0.2, 0.25) is 0 Å². The summed E-state index contributed by atoms with van der Waals surface area (Å²) in [5.74, 6) is 0.898. The van der Waals surface area contributed by atoms with Gasteiger partial charge in [-0.05, 0) is 54.4 Å². The standard InChI is InChI=1S/C16H22N2O/c1-12(17)7-8-18-11-13-3-4-15-10-16(19-2)6-5-14(15)9-13/h3-6,9-10,12,18H,7-8,11,17H2,1-2H3. The molecule has 0 heterocycles. The van der Waals surface area contributed by atoms with E-state index in [1.807, 2.05) is 13.0 Å². The molecule has 19 heavy (non-hydrogen) atoms. The second-order valence-corrected chi connectivity index (χ2v) is 4.99. The number of hydrogen-bond donors (Lipinski definition) is 2. The minimum absolute atomic E-state index is 0.261. The molecule has 0 bridgehead atoms. The van der Waals surface area contributed by atoms with E-state index in [1.165, 1.54) is 16.3 Å². The largest absolute Gasteiger partial charge is 0.497 e. The molecule has 2 rings (SSSR count). The summed E-state index contributed by atoms with van der Waals surface area (Å²) in [7, 11) is 1.69. The van der Waals surface area contributed by atoms with Gasteiger partial charge >= 0.3 is 0 Å². The van der Waals surface area contributed by atoms with Crippen molar-refractivity contribution in [3.05, 3.63) is 42.0 Å². The van der Waals surface area contributed by atoms with E-state index in [0.717, 1.165) is 25.3 Å². The van der Waals surface area contributed by atoms with Crippen molar-refractivity contribution in [1.29, 1.82) is 0 Å². The van der Waals surface area contributed by atoms with Gasteiger partial charge < -0.3 is 15.8 Å². The van der Waals surface area contributed by atoms with E-state index < -0.39 is 0 Å². The van der Waals surface area contributed by atoms with Gasteiger partial charge in [-0.2, -0.15) is 0 Å². The Morgan fingerprint density at radius 1 is 1.16 bits per heavy atom. The molecule has 2 aromatic carbocycles. The Labute approximate surface area is 114 Å². The highest BCUT2D eigenvalue weighted by Crippen LogP contribution is 2.21. The van der Waals surface area contributed by atoms with Crippen LogP contribution in [0, 0.1) is 0 Å². The first-order valence-corrected chi connectivity index (χ1v) is 6.72. The maximum atomic E-state index is 5.72. The molecule has 102 valence electrons. The highest BCUT2D eigenvalue weighted by atomic mass is 16.5. The fourth-order valence-corrected chi connectivity index (χ4v) is 2.07. The lowest BCUT2D eigenvalue weighted by Crippen LogP contribution is -2.23. The summed E-state index contributed by atoms with van der Waals surface area (Å²) >= 11 is 0. The average molecular weight is 258 g/mol. The number of methoxy groups -OCH3 is 1. The quantitative estimate of drug-likeness (QED) is 0.783. The van der Waals surface area contributed by atoms with Gasteiger partial charge in [0.15, 0.2) is 0 Å². The number of hydrogen-bond acceptors (Lipinski definition) is 3. The van der Waals surface area contributed by atoms with Crippen LogP contribution in [0.4, 0.5) is 0 Å². The van der Waals surface area contributed by atoms with Crippen LogP contribution in [0.1, 0.15) is 18.9 Å². The smallest absolute Gasteiger partial charge is 0.119 e. The van der Waals surface area contributed by atoms with Crippen LogP contribution in [0.15, 0.2) is 36.4 Å².